The second kappa shape index (κ2) is 6.61. The Bertz CT molecular complexity index is 457. The molecule has 1 aromatic carbocycles. The number of hydrogen-bond donors (Lipinski definition) is 0. The third-order valence-corrected chi connectivity index (χ3v) is 3.35. The standard InChI is InChI=1S/C18H28O3/c1-13(15-11-9-8-10-12-15)14(2)16(19)20-18(6,7)21-17(3,4)5/h8-14H,1-7H3. The Kier molecular flexibility index (Phi) is 5.57. The van der Waals surface area contributed by atoms with Gasteiger partial charge in [0, 0.05) is 13.8 Å². The molecule has 0 heterocycles. The smallest absolute Gasteiger partial charge is 0.311 e. The van der Waals surface area contributed by atoms with Gasteiger partial charge in [0.15, 0.2) is 0 Å². The highest BCUT2D eigenvalue weighted by molar-refractivity contribution is 5.73. The highest BCUT2D eigenvalue weighted by Crippen LogP contribution is 2.28. The predicted octanol–water partition coefficient (Wildman–Crippen LogP) is 4.52. The molecule has 0 N–H and O–H groups in total. The maximum Gasteiger partial charge on any atom is 0.311 e. The van der Waals surface area contributed by atoms with E-state index in [9.17, 15) is 4.79 Å². The molecule has 0 amide bonds. The average Bonchev–Trinajstić information content (AvgIpc) is 2.34. The van der Waals surface area contributed by atoms with Gasteiger partial charge >= 0.3 is 5.97 Å². The molecule has 3 nitrogen and oxygen atoms in total. The molecular formula is C18H28O3. The van der Waals surface area contributed by atoms with E-state index in [1.807, 2.05) is 65.0 Å². The zero-order valence-electron chi connectivity index (χ0n) is 14.3. The van der Waals surface area contributed by atoms with Crippen LogP contribution in [-0.4, -0.2) is 17.4 Å². The summed E-state index contributed by atoms with van der Waals surface area (Å²) < 4.78 is 11.3. The van der Waals surface area contributed by atoms with E-state index in [1.54, 1.807) is 13.8 Å². The quantitative estimate of drug-likeness (QED) is 0.591. The van der Waals surface area contributed by atoms with Crippen molar-refractivity contribution in [3.8, 4) is 0 Å². The molecule has 21 heavy (non-hydrogen) atoms. The van der Waals surface area contributed by atoms with Crippen LogP contribution < -0.4 is 0 Å². The highest BCUT2D eigenvalue weighted by atomic mass is 16.7. The van der Waals surface area contributed by atoms with Crippen molar-refractivity contribution in [2.45, 2.75) is 65.8 Å². The van der Waals surface area contributed by atoms with Crippen molar-refractivity contribution < 1.29 is 14.3 Å². The molecule has 0 fully saturated rings. The first-order valence-electron chi connectivity index (χ1n) is 7.50. The fraction of sp³-hybridized carbons (Fsp3) is 0.611. The predicted molar refractivity (Wildman–Crippen MR) is 85.0 cm³/mol. The van der Waals surface area contributed by atoms with Gasteiger partial charge < -0.3 is 9.47 Å². The van der Waals surface area contributed by atoms with Gasteiger partial charge in [0.25, 0.3) is 0 Å². The minimum Gasteiger partial charge on any atom is -0.433 e. The summed E-state index contributed by atoms with van der Waals surface area (Å²) in [5.74, 6) is -1.29. The number of benzene rings is 1. The van der Waals surface area contributed by atoms with Gasteiger partial charge in [-0.05, 0) is 32.3 Å². The first kappa shape index (κ1) is 17.7. The van der Waals surface area contributed by atoms with Crippen LogP contribution in [0, 0.1) is 5.92 Å². The summed E-state index contributed by atoms with van der Waals surface area (Å²) in [5.41, 5.74) is 0.773. The van der Waals surface area contributed by atoms with E-state index < -0.39 is 5.79 Å². The maximum absolute atomic E-state index is 12.4. The third-order valence-electron chi connectivity index (χ3n) is 3.35. The second-order valence-corrected chi connectivity index (χ2v) is 7.02. The van der Waals surface area contributed by atoms with Crippen LogP contribution >= 0.6 is 0 Å². The molecule has 2 unspecified atom stereocenters. The molecule has 0 aliphatic rings. The van der Waals surface area contributed by atoms with Gasteiger partial charge in [-0.1, -0.05) is 44.2 Å². The van der Waals surface area contributed by atoms with Crippen LogP contribution in [0.5, 0.6) is 0 Å². The van der Waals surface area contributed by atoms with Crippen molar-refractivity contribution in [1.82, 2.24) is 0 Å². The summed E-state index contributed by atoms with van der Waals surface area (Å²) in [5, 5.41) is 0. The zero-order valence-corrected chi connectivity index (χ0v) is 14.3. The average molecular weight is 292 g/mol. The van der Waals surface area contributed by atoms with Gasteiger partial charge in [-0.3, -0.25) is 4.79 Å². The van der Waals surface area contributed by atoms with Crippen LogP contribution in [0.4, 0.5) is 0 Å². The van der Waals surface area contributed by atoms with Crippen molar-refractivity contribution in [3.63, 3.8) is 0 Å². The molecular weight excluding hydrogens is 264 g/mol. The van der Waals surface area contributed by atoms with Crippen LogP contribution in [0.2, 0.25) is 0 Å². The number of esters is 1. The summed E-state index contributed by atoms with van der Waals surface area (Å²) in [6.45, 7) is 13.3. The SMILES string of the molecule is CC(C(=O)OC(C)(C)OC(C)(C)C)C(C)c1ccccc1. The van der Waals surface area contributed by atoms with E-state index in [1.165, 1.54) is 0 Å². The van der Waals surface area contributed by atoms with E-state index in [0.29, 0.717) is 0 Å². The molecule has 1 aromatic rings. The minimum absolute atomic E-state index is 0.101. The Morgan fingerprint density at radius 1 is 1.00 bits per heavy atom. The van der Waals surface area contributed by atoms with Crippen molar-refractivity contribution in [3.05, 3.63) is 35.9 Å². The van der Waals surface area contributed by atoms with E-state index in [0.717, 1.165) is 5.56 Å². The van der Waals surface area contributed by atoms with Crippen molar-refractivity contribution in [2.24, 2.45) is 5.92 Å². The van der Waals surface area contributed by atoms with Crippen LogP contribution in [0.3, 0.4) is 0 Å². The van der Waals surface area contributed by atoms with Gasteiger partial charge in [0.05, 0.1) is 11.5 Å². The Morgan fingerprint density at radius 2 is 1.52 bits per heavy atom. The molecule has 3 heteroatoms. The Labute approximate surface area is 128 Å². The summed E-state index contributed by atoms with van der Waals surface area (Å²) in [6.07, 6.45) is 0. The lowest BCUT2D eigenvalue weighted by molar-refractivity contribution is -0.251. The normalized spacial score (nSPS) is 15.4. The molecule has 0 bridgehead atoms. The molecule has 0 saturated heterocycles. The first-order valence-corrected chi connectivity index (χ1v) is 7.50. The summed E-state index contributed by atoms with van der Waals surface area (Å²) in [4.78, 5) is 12.4. The van der Waals surface area contributed by atoms with E-state index >= 15 is 0 Å². The van der Waals surface area contributed by atoms with Gasteiger partial charge in [-0.15, -0.1) is 0 Å². The summed E-state index contributed by atoms with van der Waals surface area (Å²) in [6, 6.07) is 10.0. The monoisotopic (exact) mass is 292 g/mol. The zero-order chi connectivity index (χ0) is 16.3. The fourth-order valence-electron chi connectivity index (χ4n) is 2.34. The molecule has 0 spiro atoms. The second-order valence-electron chi connectivity index (χ2n) is 7.02. The van der Waals surface area contributed by atoms with Gasteiger partial charge in [-0.2, -0.15) is 0 Å². The maximum atomic E-state index is 12.4. The van der Waals surface area contributed by atoms with Crippen LogP contribution in [-0.2, 0) is 14.3 Å². The minimum atomic E-state index is -0.931. The van der Waals surface area contributed by atoms with Crippen LogP contribution in [0.15, 0.2) is 30.3 Å². The molecule has 0 radical (unpaired) electrons. The fourth-order valence-corrected chi connectivity index (χ4v) is 2.34. The number of hydrogen-bond acceptors (Lipinski definition) is 3. The van der Waals surface area contributed by atoms with Crippen molar-refractivity contribution >= 4 is 5.97 Å². The Hall–Kier alpha value is -1.35. The number of carbonyl (C=O) groups is 1. The van der Waals surface area contributed by atoms with Crippen molar-refractivity contribution in [1.29, 1.82) is 0 Å². The van der Waals surface area contributed by atoms with E-state index in [-0.39, 0.29) is 23.4 Å². The van der Waals surface area contributed by atoms with Crippen molar-refractivity contribution in [2.75, 3.05) is 0 Å². The van der Waals surface area contributed by atoms with Gasteiger partial charge in [0.2, 0.25) is 5.79 Å². The lowest BCUT2D eigenvalue weighted by atomic mass is 9.89. The molecule has 0 aliphatic carbocycles. The van der Waals surface area contributed by atoms with Crippen LogP contribution in [0.25, 0.3) is 0 Å². The molecule has 0 saturated carbocycles. The lowest BCUT2D eigenvalue weighted by Gasteiger charge is -2.34. The van der Waals surface area contributed by atoms with Gasteiger partial charge in [-0.25, -0.2) is 0 Å². The topological polar surface area (TPSA) is 35.5 Å². The summed E-state index contributed by atoms with van der Waals surface area (Å²) in [7, 11) is 0. The lowest BCUT2D eigenvalue weighted by Crippen LogP contribution is -2.40. The molecule has 118 valence electrons. The molecule has 0 aromatic heterocycles. The van der Waals surface area contributed by atoms with Crippen LogP contribution in [0.1, 0.15) is 59.9 Å². The molecule has 0 aliphatic heterocycles. The largest absolute Gasteiger partial charge is 0.433 e. The Morgan fingerprint density at radius 3 is 2.00 bits per heavy atom. The van der Waals surface area contributed by atoms with Gasteiger partial charge in [0.1, 0.15) is 0 Å². The van der Waals surface area contributed by atoms with E-state index in [2.05, 4.69) is 0 Å². The third kappa shape index (κ3) is 5.88. The molecule has 1 rings (SSSR count). The van der Waals surface area contributed by atoms with E-state index in [4.69, 9.17) is 9.47 Å². The highest BCUT2D eigenvalue weighted by Gasteiger charge is 2.33. The number of rotatable bonds is 5. The molecule has 2 atom stereocenters. The number of ether oxygens (including phenoxy) is 2. The number of carbonyl (C=O) groups excluding carboxylic acids is 1. The first-order chi connectivity index (χ1) is 9.52. The Balaban J connectivity index is 2.71. The summed E-state index contributed by atoms with van der Waals surface area (Å²) >= 11 is 0.